The van der Waals surface area contributed by atoms with E-state index in [-0.39, 0.29) is 5.41 Å². The molecule has 0 aliphatic heterocycles. The Morgan fingerprint density at radius 1 is 0.396 bits per heavy atom. The zero-order chi connectivity index (χ0) is 32.0. The van der Waals surface area contributed by atoms with E-state index in [4.69, 9.17) is 0 Å². The van der Waals surface area contributed by atoms with Crippen molar-refractivity contribution in [3.05, 3.63) is 175 Å². The predicted molar refractivity (Wildman–Crippen MR) is 205 cm³/mol. The van der Waals surface area contributed by atoms with Crippen LogP contribution in [0.4, 0.5) is 17.1 Å². The van der Waals surface area contributed by atoms with Gasteiger partial charge in [0.15, 0.2) is 0 Å². The van der Waals surface area contributed by atoms with Gasteiger partial charge in [-0.2, -0.15) is 0 Å². The van der Waals surface area contributed by atoms with Gasteiger partial charge in [0.25, 0.3) is 0 Å². The first-order chi connectivity index (χ1) is 23.6. The van der Waals surface area contributed by atoms with E-state index >= 15 is 0 Å². The molecule has 0 heterocycles. The molecule has 0 aromatic heterocycles. The zero-order valence-electron chi connectivity index (χ0n) is 27.0. The quantitative estimate of drug-likeness (QED) is 0.179. The van der Waals surface area contributed by atoms with Crippen molar-refractivity contribution in [2.45, 2.75) is 19.3 Å². The molecule has 0 unspecified atom stereocenters. The highest BCUT2D eigenvalue weighted by atomic mass is 15.1. The first kappa shape index (κ1) is 27.2. The van der Waals surface area contributed by atoms with E-state index in [1.165, 1.54) is 87.8 Å². The van der Waals surface area contributed by atoms with Crippen LogP contribution < -0.4 is 4.90 Å². The first-order valence-electron chi connectivity index (χ1n) is 16.9. The SMILES string of the molecule is CC1(C)c2ccccc2-c2ccc(N(c3ccc(-c4cccc5ccccc45)cc3)c3ccc4ccc5cccc6ccc3c4c56)cc21. The van der Waals surface area contributed by atoms with E-state index in [9.17, 15) is 0 Å². The molecule has 0 N–H and O–H groups in total. The summed E-state index contributed by atoms with van der Waals surface area (Å²) in [4.78, 5) is 2.47. The van der Waals surface area contributed by atoms with Crippen LogP contribution in [0.2, 0.25) is 0 Å². The monoisotopic (exact) mass is 611 g/mol. The van der Waals surface area contributed by atoms with Crippen LogP contribution in [0, 0.1) is 0 Å². The highest BCUT2D eigenvalue weighted by Crippen LogP contribution is 2.51. The second kappa shape index (κ2) is 10.0. The van der Waals surface area contributed by atoms with Gasteiger partial charge in [0.1, 0.15) is 0 Å². The Kier molecular flexibility index (Phi) is 5.69. The van der Waals surface area contributed by atoms with Gasteiger partial charge in [0.05, 0.1) is 5.69 Å². The van der Waals surface area contributed by atoms with Crippen molar-refractivity contribution < 1.29 is 0 Å². The van der Waals surface area contributed by atoms with Crippen LogP contribution in [0.15, 0.2) is 164 Å². The number of nitrogens with zero attached hydrogens (tertiary/aromatic N) is 1. The van der Waals surface area contributed by atoms with Gasteiger partial charge in [-0.05, 0) is 101 Å². The number of anilines is 3. The second-order valence-corrected chi connectivity index (χ2v) is 13.8. The Labute approximate surface area is 280 Å². The molecule has 1 nitrogen and oxygen atoms in total. The van der Waals surface area contributed by atoms with Crippen molar-refractivity contribution in [1.29, 1.82) is 0 Å². The standard InChI is InChI=1S/C47H33N/c1-47(2)42-16-6-5-14-39(42)40-27-25-36(29-43(40)47)48(35-23-19-31(20-24-35)38-15-8-10-30-9-3-4-13-37(30)38)44-28-22-34-18-17-32-11-7-12-33-21-26-41(44)46(34)45(32)33/h3-29H,1-2H3. The van der Waals surface area contributed by atoms with Gasteiger partial charge < -0.3 is 4.90 Å². The third-order valence-corrected chi connectivity index (χ3v) is 10.8. The fourth-order valence-corrected chi connectivity index (χ4v) is 8.44. The summed E-state index contributed by atoms with van der Waals surface area (Å²) in [6.45, 7) is 4.72. The molecule has 0 saturated carbocycles. The molecule has 0 atom stereocenters. The lowest BCUT2D eigenvalue weighted by Crippen LogP contribution is -2.16. The van der Waals surface area contributed by atoms with Crippen LogP contribution in [0.3, 0.4) is 0 Å². The third kappa shape index (κ3) is 3.85. The molecule has 9 aromatic carbocycles. The number of hydrogen-bond acceptors (Lipinski definition) is 1. The summed E-state index contributed by atoms with van der Waals surface area (Å²) in [7, 11) is 0. The molecule has 0 bridgehead atoms. The summed E-state index contributed by atoms with van der Waals surface area (Å²) in [5.41, 5.74) is 11.3. The molecular weight excluding hydrogens is 579 g/mol. The van der Waals surface area contributed by atoms with Crippen LogP contribution in [0.1, 0.15) is 25.0 Å². The van der Waals surface area contributed by atoms with E-state index < -0.39 is 0 Å². The van der Waals surface area contributed by atoms with Gasteiger partial charge in [-0.3, -0.25) is 0 Å². The highest BCUT2D eigenvalue weighted by Gasteiger charge is 2.35. The van der Waals surface area contributed by atoms with Gasteiger partial charge in [-0.15, -0.1) is 0 Å². The molecule has 1 aliphatic carbocycles. The van der Waals surface area contributed by atoms with E-state index in [0.29, 0.717) is 0 Å². The summed E-state index contributed by atoms with van der Waals surface area (Å²) >= 11 is 0. The molecule has 9 aromatic rings. The molecule has 48 heavy (non-hydrogen) atoms. The minimum absolute atomic E-state index is 0.0888. The fraction of sp³-hybridized carbons (Fsp3) is 0.0638. The molecule has 0 radical (unpaired) electrons. The molecule has 1 aliphatic rings. The predicted octanol–water partition coefficient (Wildman–Crippen LogP) is 13.2. The Bertz CT molecular complexity index is 2680. The summed E-state index contributed by atoms with van der Waals surface area (Å²) in [5, 5.41) is 10.3. The summed E-state index contributed by atoms with van der Waals surface area (Å²) in [6.07, 6.45) is 0. The highest BCUT2D eigenvalue weighted by molar-refractivity contribution is 6.25. The van der Waals surface area contributed by atoms with Crippen LogP contribution in [-0.4, -0.2) is 0 Å². The Morgan fingerprint density at radius 3 is 1.85 bits per heavy atom. The van der Waals surface area contributed by atoms with Crippen molar-refractivity contribution in [1.82, 2.24) is 0 Å². The summed E-state index contributed by atoms with van der Waals surface area (Å²) in [6, 6.07) is 60.8. The molecule has 1 heteroatoms. The number of benzene rings is 9. The van der Waals surface area contributed by atoms with Gasteiger partial charge in [-0.1, -0.05) is 147 Å². The number of rotatable bonds is 4. The lowest BCUT2D eigenvalue weighted by Gasteiger charge is -2.29. The largest absolute Gasteiger partial charge is 0.310 e. The topological polar surface area (TPSA) is 3.24 Å². The van der Waals surface area contributed by atoms with Crippen molar-refractivity contribution in [3.63, 3.8) is 0 Å². The minimum Gasteiger partial charge on any atom is -0.310 e. The Morgan fingerprint density at radius 2 is 1.00 bits per heavy atom. The van der Waals surface area contributed by atoms with E-state index in [2.05, 4.69) is 183 Å². The normalized spacial score (nSPS) is 13.4. The molecule has 0 amide bonds. The zero-order valence-corrected chi connectivity index (χ0v) is 27.0. The third-order valence-electron chi connectivity index (χ3n) is 10.8. The summed E-state index contributed by atoms with van der Waals surface area (Å²) in [5.74, 6) is 0. The van der Waals surface area contributed by atoms with Crippen LogP contribution in [0.5, 0.6) is 0 Å². The van der Waals surface area contributed by atoms with Crippen molar-refractivity contribution in [2.75, 3.05) is 4.90 Å². The van der Waals surface area contributed by atoms with E-state index in [1.807, 2.05) is 0 Å². The molecule has 0 spiro atoms. The molecule has 0 saturated heterocycles. The Hall–Kier alpha value is -5.92. The van der Waals surface area contributed by atoms with Gasteiger partial charge in [-0.25, -0.2) is 0 Å². The van der Waals surface area contributed by atoms with Crippen molar-refractivity contribution >= 4 is 60.2 Å². The van der Waals surface area contributed by atoms with E-state index in [0.717, 1.165) is 5.69 Å². The maximum atomic E-state index is 2.47. The van der Waals surface area contributed by atoms with E-state index in [1.54, 1.807) is 0 Å². The molecular formula is C47H33N. The molecule has 0 fully saturated rings. The van der Waals surface area contributed by atoms with Crippen LogP contribution in [0.25, 0.3) is 65.3 Å². The van der Waals surface area contributed by atoms with Gasteiger partial charge in [0, 0.05) is 22.2 Å². The first-order valence-corrected chi connectivity index (χ1v) is 16.9. The maximum absolute atomic E-state index is 2.47. The number of hydrogen-bond donors (Lipinski definition) is 0. The van der Waals surface area contributed by atoms with Gasteiger partial charge in [0.2, 0.25) is 0 Å². The Balaban J connectivity index is 1.20. The second-order valence-electron chi connectivity index (χ2n) is 13.8. The average Bonchev–Trinajstić information content (AvgIpc) is 3.37. The smallest absolute Gasteiger partial charge is 0.0540 e. The maximum Gasteiger partial charge on any atom is 0.0540 e. The van der Waals surface area contributed by atoms with Crippen LogP contribution >= 0.6 is 0 Å². The fourth-order valence-electron chi connectivity index (χ4n) is 8.44. The average molecular weight is 612 g/mol. The van der Waals surface area contributed by atoms with Gasteiger partial charge >= 0.3 is 0 Å². The lowest BCUT2D eigenvalue weighted by atomic mass is 9.82. The molecule has 226 valence electrons. The van der Waals surface area contributed by atoms with Crippen molar-refractivity contribution in [2.24, 2.45) is 0 Å². The summed E-state index contributed by atoms with van der Waals surface area (Å²) < 4.78 is 0. The van der Waals surface area contributed by atoms with Crippen LogP contribution in [-0.2, 0) is 5.41 Å². The minimum atomic E-state index is -0.0888. The number of fused-ring (bicyclic) bond motifs is 4. The lowest BCUT2D eigenvalue weighted by molar-refractivity contribution is 0.660. The van der Waals surface area contributed by atoms with Crippen molar-refractivity contribution in [3.8, 4) is 22.3 Å². The molecule has 10 rings (SSSR count).